The number of nitrogens with one attached hydrogen (secondary N) is 2. The first-order valence-electron chi connectivity index (χ1n) is 8.37. The zero-order valence-electron chi connectivity index (χ0n) is 14.9. The van der Waals surface area contributed by atoms with Crippen LogP contribution >= 0.6 is 34.4 Å². The van der Waals surface area contributed by atoms with Crippen LogP contribution in [0.1, 0.15) is 18.2 Å². The van der Waals surface area contributed by atoms with Gasteiger partial charge in [-0.15, -0.1) is 21.5 Å². The van der Waals surface area contributed by atoms with Crippen LogP contribution in [0.5, 0.6) is 0 Å². The van der Waals surface area contributed by atoms with Crippen molar-refractivity contribution in [2.45, 2.75) is 17.7 Å². The topological polar surface area (TPSA) is 96.9 Å². The van der Waals surface area contributed by atoms with Crippen LogP contribution < -0.4 is 10.6 Å². The molecule has 10 heteroatoms. The van der Waals surface area contributed by atoms with Crippen LogP contribution in [0.25, 0.3) is 6.08 Å². The highest BCUT2D eigenvalue weighted by Crippen LogP contribution is 2.25. The molecule has 2 amide bonds. The fourth-order valence-corrected chi connectivity index (χ4v) is 4.48. The molecule has 2 aromatic heterocycles. The van der Waals surface area contributed by atoms with E-state index in [9.17, 15) is 9.59 Å². The molecule has 28 heavy (non-hydrogen) atoms. The standard InChI is InChI=1S/C18H17N5O2S3/c1-2-26-18-23-22-17(28-18)21-15(25)10-13-11-27-16(19-13)20-14(24)9-8-12-6-4-3-5-7-12/h3-9,11H,2,10H2,1H3,(H,19,20,24)(H,21,22,25). The van der Waals surface area contributed by atoms with E-state index in [1.54, 1.807) is 23.2 Å². The molecule has 0 bridgehead atoms. The van der Waals surface area contributed by atoms with Crippen molar-refractivity contribution < 1.29 is 9.59 Å². The maximum Gasteiger partial charge on any atom is 0.250 e. The number of rotatable bonds is 8. The van der Waals surface area contributed by atoms with E-state index in [-0.39, 0.29) is 18.2 Å². The monoisotopic (exact) mass is 431 g/mol. The summed E-state index contributed by atoms with van der Waals surface area (Å²) in [4.78, 5) is 28.4. The third-order valence-electron chi connectivity index (χ3n) is 3.27. The van der Waals surface area contributed by atoms with Gasteiger partial charge >= 0.3 is 0 Å². The second-order valence-electron chi connectivity index (χ2n) is 5.41. The number of benzene rings is 1. The van der Waals surface area contributed by atoms with Crippen molar-refractivity contribution in [3.05, 3.63) is 53.0 Å². The van der Waals surface area contributed by atoms with Crippen molar-refractivity contribution in [2.24, 2.45) is 0 Å². The minimum absolute atomic E-state index is 0.0993. The Kier molecular flexibility index (Phi) is 7.29. The number of amides is 2. The lowest BCUT2D eigenvalue weighted by Gasteiger charge is -1.98. The first-order valence-corrected chi connectivity index (χ1v) is 11.0. The molecule has 0 aliphatic carbocycles. The smallest absolute Gasteiger partial charge is 0.250 e. The van der Waals surface area contributed by atoms with Gasteiger partial charge in [-0.25, -0.2) is 4.98 Å². The van der Waals surface area contributed by atoms with Crippen LogP contribution in [0.15, 0.2) is 46.1 Å². The molecule has 0 spiro atoms. The van der Waals surface area contributed by atoms with Gasteiger partial charge in [0.25, 0.3) is 0 Å². The Morgan fingerprint density at radius 2 is 1.96 bits per heavy atom. The Hall–Kier alpha value is -2.56. The van der Waals surface area contributed by atoms with Crippen molar-refractivity contribution in [1.29, 1.82) is 0 Å². The molecule has 0 saturated heterocycles. The number of nitrogens with zero attached hydrogens (tertiary/aromatic N) is 3. The van der Waals surface area contributed by atoms with Crippen LogP contribution in [0, 0.1) is 0 Å². The van der Waals surface area contributed by atoms with Gasteiger partial charge in [0.05, 0.1) is 12.1 Å². The van der Waals surface area contributed by atoms with Crippen LogP contribution in [0.4, 0.5) is 10.3 Å². The van der Waals surface area contributed by atoms with Gasteiger partial charge < -0.3 is 5.32 Å². The number of thioether (sulfide) groups is 1. The van der Waals surface area contributed by atoms with Gasteiger partial charge in [0, 0.05) is 11.5 Å². The summed E-state index contributed by atoms with van der Waals surface area (Å²) in [7, 11) is 0. The molecule has 7 nitrogen and oxygen atoms in total. The Morgan fingerprint density at radius 1 is 1.14 bits per heavy atom. The summed E-state index contributed by atoms with van der Waals surface area (Å²) < 4.78 is 0.819. The number of carbonyl (C=O) groups is 2. The maximum absolute atomic E-state index is 12.1. The average molecular weight is 432 g/mol. The molecule has 0 aliphatic rings. The number of hydrogen-bond donors (Lipinski definition) is 2. The van der Waals surface area contributed by atoms with Crippen molar-refractivity contribution >= 4 is 62.6 Å². The lowest BCUT2D eigenvalue weighted by Crippen LogP contribution is -2.14. The molecule has 0 unspecified atom stereocenters. The van der Waals surface area contributed by atoms with Gasteiger partial charge in [0.1, 0.15) is 0 Å². The molecule has 0 radical (unpaired) electrons. The molecule has 2 N–H and O–H groups in total. The number of thiazole rings is 1. The molecular formula is C18H17N5O2S3. The lowest BCUT2D eigenvalue weighted by molar-refractivity contribution is -0.115. The van der Waals surface area contributed by atoms with E-state index in [2.05, 4.69) is 25.8 Å². The SMILES string of the molecule is CCSc1nnc(NC(=O)Cc2csc(NC(=O)C=Cc3ccccc3)n2)s1. The third-order valence-corrected chi connectivity index (χ3v) is 5.93. The predicted octanol–water partition coefficient (Wildman–Crippen LogP) is 3.94. The Balaban J connectivity index is 1.49. The summed E-state index contributed by atoms with van der Waals surface area (Å²) >= 11 is 4.19. The molecule has 2 heterocycles. The summed E-state index contributed by atoms with van der Waals surface area (Å²) in [6, 6.07) is 9.54. The van der Waals surface area contributed by atoms with Crippen molar-refractivity contribution in [3.63, 3.8) is 0 Å². The zero-order chi connectivity index (χ0) is 19.8. The Labute approximate surface area is 174 Å². The van der Waals surface area contributed by atoms with Crippen LogP contribution in [-0.4, -0.2) is 32.7 Å². The van der Waals surface area contributed by atoms with E-state index in [0.717, 1.165) is 15.7 Å². The van der Waals surface area contributed by atoms with Crippen LogP contribution in [0.2, 0.25) is 0 Å². The second-order valence-corrected chi connectivity index (χ2v) is 8.76. The van der Waals surface area contributed by atoms with Crippen molar-refractivity contribution in [2.75, 3.05) is 16.4 Å². The highest BCUT2D eigenvalue weighted by molar-refractivity contribution is 8.01. The largest absolute Gasteiger partial charge is 0.300 e. The fraction of sp³-hybridized carbons (Fsp3) is 0.167. The van der Waals surface area contributed by atoms with E-state index in [4.69, 9.17) is 0 Å². The molecule has 3 rings (SSSR count). The van der Waals surface area contributed by atoms with Gasteiger partial charge in [0.2, 0.25) is 16.9 Å². The summed E-state index contributed by atoms with van der Waals surface area (Å²) in [5.41, 5.74) is 1.52. The highest BCUT2D eigenvalue weighted by Gasteiger charge is 2.12. The zero-order valence-corrected chi connectivity index (χ0v) is 17.4. The molecule has 1 aromatic carbocycles. The Morgan fingerprint density at radius 3 is 2.75 bits per heavy atom. The van der Waals surface area contributed by atoms with E-state index >= 15 is 0 Å². The quantitative estimate of drug-likeness (QED) is 0.319. The summed E-state index contributed by atoms with van der Waals surface area (Å²) in [6.07, 6.45) is 3.27. The normalized spacial score (nSPS) is 10.9. The molecule has 0 aliphatic heterocycles. The Bertz CT molecular complexity index is 969. The minimum atomic E-state index is -0.274. The van der Waals surface area contributed by atoms with Crippen LogP contribution in [0.3, 0.4) is 0 Å². The van der Waals surface area contributed by atoms with E-state index in [0.29, 0.717) is 16.0 Å². The first-order chi connectivity index (χ1) is 13.6. The number of carbonyl (C=O) groups excluding carboxylic acids is 2. The fourth-order valence-electron chi connectivity index (χ4n) is 2.10. The number of hydrogen-bond acceptors (Lipinski definition) is 8. The van der Waals surface area contributed by atoms with Gasteiger partial charge in [0.15, 0.2) is 9.47 Å². The van der Waals surface area contributed by atoms with Gasteiger partial charge in [-0.05, 0) is 17.4 Å². The summed E-state index contributed by atoms with van der Waals surface area (Å²) in [5, 5.41) is 16.0. The minimum Gasteiger partial charge on any atom is -0.300 e. The van der Waals surface area contributed by atoms with E-state index in [1.165, 1.54) is 28.7 Å². The molecular weight excluding hydrogens is 414 g/mol. The van der Waals surface area contributed by atoms with Crippen molar-refractivity contribution in [1.82, 2.24) is 15.2 Å². The van der Waals surface area contributed by atoms with Gasteiger partial charge in [-0.1, -0.05) is 60.4 Å². The second kappa shape index (κ2) is 10.1. The average Bonchev–Trinajstić information content (AvgIpc) is 3.30. The first kappa shape index (κ1) is 20.2. The molecule has 144 valence electrons. The predicted molar refractivity (Wildman–Crippen MR) is 115 cm³/mol. The van der Waals surface area contributed by atoms with Crippen molar-refractivity contribution in [3.8, 4) is 0 Å². The van der Waals surface area contributed by atoms with Crippen LogP contribution in [-0.2, 0) is 16.0 Å². The lowest BCUT2D eigenvalue weighted by atomic mass is 10.2. The summed E-state index contributed by atoms with van der Waals surface area (Å²) in [6.45, 7) is 2.03. The van der Waals surface area contributed by atoms with Gasteiger partial charge in [-0.2, -0.15) is 0 Å². The van der Waals surface area contributed by atoms with E-state index < -0.39 is 0 Å². The molecule has 0 fully saturated rings. The molecule has 3 aromatic rings. The molecule has 0 atom stereocenters. The maximum atomic E-state index is 12.1. The molecule has 0 saturated carbocycles. The number of anilines is 2. The third kappa shape index (κ3) is 6.25. The van der Waals surface area contributed by atoms with E-state index in [1.807, 2.05) is 37.3 Å². The highest BCUT2D eigenvalue weighted by atomic mass is 32.2. The summed E-state index contributed by atoms with van der Waals surface area (Å²) in [5.74, 6) is 0.400. The number of aromatic nitrogens is 3. The van der Waals surface area contributed by atoms with Gasteiger partial charge in [-0.3, -0.25) is 14.9 Å².